The second-order valence-electron chi connectivity index (χ2n) is 5.37. The molecule has 2 aromatic rings. The number of rotatable bonds is 2. The summed E-state index contributed by atoms with van der Waals surface area (Å²) in [5.74, 6) is 0. The van der Waals surface area contributed by atoms with Crippen molar-refractivity contribution in [2.45, 2.75) is 25.4 Å². The maximum absolute atomic E-state index is 11.0. The van der Waals surface area contributed by atoms with Gasteiger partial charge in [0.1, 0.15) is 0 Å². The molecular formula is C16H20N2O. The van der Waals surface area contributed by atoms with Crippen LogP contribution in [0.4, 0.5) is 0 Å². The van der Waals surface area contributed by atoms with Gasteiger partial charge >= 0.3 is 0 Å². The third kappa shape index (κ3) is 2.24. The van der Waals surface area contributed by atoms with Crippen LogP contribution in [0.3, 0.4) is 0 Å². The molecule has 0 radical (unpaired) electrons. The third-order valence-electron chi connectivity index (χ3n) is 4.32. The summed E-state index contributed by atoms with van der Waals surface area (Å²) >= 11 is 0. The first-order chi connectivity index (χ1) is 9.23. The quantitative estimate of drug-likeness (QED) is 0.897. The van der Waals surface area contributed by atoms with Gasteiger partial charge in [-0.15, -0.1) is 0 Å². The van der Waals surface area contributed by atoms with Gasteiger partial charge in [-0.1, -0.05) is 25.1 Å². The van der Waals surface area contributed by atoms with E-state index in [9.17, 15) is 5.11 Å². The van der Waals surface area contributed by atoms with E-state index in [0.717, 1.165) is 48.8 Å². The van der Waals surface area contributed by atoms with Gasteiger partial charge in [0, 0.05) is 30.9 Å². The van der Waals surface area contributed by atoms with E-state index < -0.39 is 5.60 Å². The lowest BCUT2D eigenvalue weighted by atomic mass is 9.82. The van der Waals surface area contributed by atoms with Crippen LogP contribution in [0.1, 0.15) is 25.3 Å². The Balaban J connectivity index is 2.00. The molecule has 3 rings (SSSR count). The predicted molar refractivity (Wildman–Crippen MR) is 77.0 cm³/mol. The van der Waals surface area contributed by atoms with Crippen LogP contribution in [0.2, 0.25) is 0 Å². The lowest BCUT2D eigenvalue weighted by Crippen LogP contribution is -2.42. The van der Waals surface area contributed by atoms with Gasteiger partial charge in [0.2, 0.25) is 0 Å². The van der Waals surface area contributed by atoms with Crippen molar-refractivity contribution < 1.29 is 5.11 Å². The number of aliphatic hydroxyl groups is 1. The average molecular weight is 256 g/mol. The summed E-state index contributed by atoms with van der Waals surface area (Å²) in [6.07, 6.45) is 5.27. The molecule has 0 spiro atoms. The Bertz CT molecular complexity index is 568. The first-order valence-corrected chi connectivity index (χ1v) is 7.01. The lowest BCUT2D eigenvalue weighted by molar-refractivity contribution is -0.0235. The molecule has 3 nitrogen and oxygen atoms in total. The Morgan fingerprint density at radius 2 is 2.05 bits per heavy atom. The zero-order chi connectivity index (χ0) is 13.3. The molecular weight excluding hydrogens is 236 g/mol. The average Bonchev–Trinajstić information content (AvgIpc) is 2.47. The molecule has 100 valence electrons. The minimum absolute atomic E-state index is 0.700. The Kier molecular flexibility index (Phi) is 3.25. The molecule has 1 N–H and O–H groups in total. The number of nitrogens with zero attached hydrogens (tertiary/aromatic N) is 2. The predicted octanol–water partition coefficient (Wildman–Crippen LogP) is 2.54. The van der Waals surface area contributed by atoms with Gasteiger partial charge in [-0.2, -0.15) is 0 Å². The standard InChI is InChI=1S/C16H20N2O/c1-2-18-10-7-16(19,8-11-18)15-5-3-4-13-6-9-17-12-14(13)15/h3-6,9,12,19H,2,7-8,10-11H2,1H3. The van der Waals surface area contributed by atoms with Crippen molar-refractivity contribution in [1.29, 1.82) is 0 Å². The number of piperidine rings is 1. The molecule has 3 heteroatoms. The Hall–Kier alpha value is -1.45. The number of pyridine rings is 1. The molecule has 0 amide bonds. The van der Waals surface area contributed by atoms with Crippen molar-refractivity contribution >= 4 is 10.8 Å². The molecule has 0 saturated carbocycles. The number of aromatic nitrogens is 1. The van der Waals surface area contributed by atoms with E-state index in [-0.39, 0.29) is 0 Å². The van der Waals surface area contributed by atoms with Crippen molar-refractivity contribution in [3.05, 3.63) is 42.2 Å². The molecule has 1 saturated heterocycles. The van der Waals surface area contributed by atoms with Crippen LogP contribution < -0.4 is 0 Å². The van der Waals surface area contributed by atoms with E-state index in [4.69, 9.17) is 0 Å². The van der Waals surface area contributed by atoms with Gasteiger partial charge in [-0.05, 0) is 36.4 Å². The second-order valence-corrected chi connectivity index (χ2v) is 5.37. The van der Waals surface area contributed by atoms with E-state index in [0.29, 0.717) is 0 Å². The highest BCUT2D eigenvalue weighted by Gasteiger charge is 2.34. The molecule has 1 fully saturated rings. The summed E-state index contributed by atoms with van der Waals surface area (Å²) in [6.45, 7) is 5.16. The Labute approximate surface area is 113 Å². The van der Waals surface area contributed by atoms with Crippen LogP contribution in [0, 0.1) is 0 Å². The second kappa shape index (κ2) is 4.91. The van der Waals surface area contributed by atoms with E-state index in [1.165, 1.54) is 0 Å². The number of benzene rings is 1. The van der Waals surface area contributed by atoms with E-state index in [1.807, 2.05) is 24.4 Å². The fourth-order valence-corrected chi connectivity index (χ4v) is 3.03. The normalized spacial score (nSPS) is 19.7. The molecule has 0 aliphatic carbocycles. The van der Waals surface area contributed by atoms with Gasteiger partial charge in [-0.25, -0.2) is 0 Å². The minimum Gasteiger partial charge on any atom is -0.385 e. The van der Waals surface area contributed by atoms with Crippen LogP contribution >= 0.6 is 0 Å². The maximum Gasteiger partial charge on any atom is 0.0927 e. The molecule has 1 aromatic heterocycles. The molecule has 1 aliphatic rings. The summed E-state index contributed by atoms with van der Waals surface area (Å²) in [4.78, 5) is 6.60. The molecule has 19 heavy (non-hydrogen) atoms. The highest BCUT2D eigenvalue weighted by Crippen LogP contribution is 2.36. The summed E-state index contributed by atoms with van der Waals surface area (Å²) in [5.41, 5.74) is 0.336. The van der Waals surface area contributed by atoms with Gasteiger partial charge in [0.25, 0.3) is 0 Å². The van der Waals surface area contributed by atoms with Crippen molar-refractivity contribution in [1.82, 2.24) is 9.88 Å². The van der Waals surface area contributed by atoms with Gasteiger partial charge < -0.3 is 10.0 Å². The highest BCUT2D eigenvalue weighted by atomic mass is 16.3. The van der Waals surface area contributed by atoms with Gasteiger partial charge in [0.15, 0.2) is 0 Å². The zero-order valence-corrected chi connectivity index (χ0v) is 11.3. The molecule has 0 atom stereocenters. The molecule has 1 aliphatic heterocycles. The molecule has 0 unspecified atom stereocenters. The summed E-state index contributed by atoms with van der Waals surface area (Å²) in [6, 6.07) is 8.15. The monoisotopic (exact) mass is 256 g/mol. The number of hydrogen-bond donors (Lipinski definition) is 1. The lowest BCUT2D eigenvalue weighted by Gasteiger charge is -2.38. The number of fused-ring (bicyclic) bond motifs is 1. The van der Waals surface area contributed by atoms with E-state index >= 15 is 0 Å². The largest absolute Gasteiger partial charge is 0.385 e. The first kappa shape index (κ1) is 12.6. The van der Waals surface area contributed by atoms with E-state index in [2.05, 4.69) is 22.9 Å². The van der Waals surface area contributed by atoms with Crippen molar-refractivity contribution in [2.75, 3.05) is 19.6 Å². The van der Waals surface area contributed by atoms with Crippen LogP contribution in [0.15, 0.2) is 36.7 Å². The summed E-state index contributed by atoms with van der Waals surface area (Å²) in [7, 11) is 0. The topological polar surface area (TPSA) is 36.4 Å². The summed E-state index contributed by atoms with van der Waals surface area (Å²) < 4.78 is 0. The zero-order valence-electron chi connectivity index (χ0n) is 11.3. The smallest absolute Gasteiger partial charge is 0.0927 e. The molecule has 1 aromatic carbocycles. The van der Waals surface area contributed by atoms with Crippen molar-refractivity contribution in [2.24, 2.45) is 0 Å². The third-order valence-corrected chi connectivity index (χ3v) is 4.32. The van der Waals surface area contributed by atoms with Crippen LogP contribution in [-0.4, -0.2) is 34.6 Å². The van der Waals surface area contributed by atoms with Crippen molar-refractivity contribution in [3.8, 4) is 0 Å². The van der Waals surface area contributed by atoms with E-state index in [1.54, 1.807) is 6.20 Å². The van der Waals surface area contributed by atoms with Crippen molar-refractivity contribution in [3.63, 3.8) is 0 Å². The van der Waals surface area contributed by atoms with Gasteiger partial charge in [-0.3, -0.25) is 4.98 Å². The number of likely N-dealkylation sites (tertiary alicyclic amines) is 1. The van der Waals surface area contributed by atoms with Crippen LogP contribution in [-0.2, 0) is 5.60 Å². The summed E-state index contributed by atoms with van der Waals surface area (Å²) in [5, 5.41) is 13.2. The maximum atomic E-state index is 11.0. The minimum atomic E-state index is -0.700. The SMILES string of the molecule is CCN1CCC(O)(c2cccc3ccncc23)CC1. The van der Waals surface area contributed by atoms with Gasteiger partial charge in [0.05, 0.1) is 5.60 Å². The fraction of sp³-hybridized carbons (Fsp3) is 0.438. The molecule has 0 bridgehead atoms. The Morgan fingerprint density at radius 1 is 1.26 bits per heavy atom. The Morgan fingerprint density at radius 3 is 2.79 bits per heavy atom. The van der Waals surface area contributed by atoms with Crippen LogP contribution in [0.5, 0.6) is 0 Å². The highest BCUT2D eigenvalue weighted by molar-refractivity contribution is 5.85. The first-order valence-electron chi connectivity index (χ1n) is 7.01. The fourth-order valence-electron chi connectivity index (χ4n) is 3.03. The molecule has 2 heterocycles. The number of hydrogen-bond acceptors (Lipinski definition) is 3. The van der Waals surface area contributed by atoms with Crippen LogP contribution in [0.25, 0.3) is 10.8 Å².